The van der Waals surface area contributed by atoms with Gasteiger partial charge in [-0.1, -0.05) is 54.1 Å². The topological polar surface area (TPSA) is 51.0 Å². The molecule has 1 fully saturated rings. The van der Waals surface area contributed by atoms with Gasteiger partial charge in [-0.2, -0.15) is 0 Å². The van der Waals surface area contributed by atoms with Gasteiger partial charge in [-0.25, -0.2) is 4.98 Å². The maximum absolute atomic E-state index is 13.6. The van der Waals surface area contributed by atoms with Gasteiger partial charge in [0.1, 0.15) is 5.82 Å². The van der Waals surface area contributed by atoms with Gasteiger partial charge in [-0.15, -0.1) is 0 Å². The summed E-state index contributed by atoms with van der Waals surface area (Å²) in [5.41, 5.74) is 6.53. The highest BCUT2D eigenvalue weighted by atomic mass is 16.2. The quantitative estimate of drug-likeness (QED) is 0.376. The van der Waals surface area contributed by atoms with Crippen molar-refractivity contribution < 1.29 is 4.79 Å². The van der Waals surface area contributed by atoms with E-state index in [1.807, 2.05) is 42.3 Å². The van der Waals surface area contributed by atoms with Gasteiger partial charge in [0.25, 0.3) is 5.91 Å². The van der Waals surface area contributed by atoms with Crippen molar-refractivity contribution in [2.45, 2.75) is 45.6 Å². The molecule has 0 radical (unpaired) electrons. The largest absolute Gasteiger partial charge is 0.338 e. The number of aromatic nitrogens is 3. The molecule has 0 unspecified atom stereocenters. The molecule has 4 aromatic rings. The van der Waals surface area contributed by atoms with E-state index >= 15 is 0 Å². The highest BCUT2D eigenvalue weighted by Crippen LogP contribution is 2.28. The minimum atomic E-state index is 0.110. The second-order valence-corrected chi connectivity index (χ2v) is 9.57. The molecule has 1 atom stereocenters. The number of rotatable bonds is 6. The summed E-state index contributed by atoms with van der Waals surface area (Å²) < 4.78 is 2.08. The van der Waals surface area contributed by atoms with Gasteiger partial charge >= 0.3 is 0 Å². The third-order valence-electron chi connectivity index (χ3n) is 6.94. The second-order valence-electron chi connectivity index (χ2n) is 9.57. The van der Waals surface area contributed by atoms with Gasteiger partial charge in [0.2, 0.25) is 0 Å². The number of benzene rings is 2. The third-order valence-corrected chi connectivity index (χ3v) is 6.94. The molecule has 0 aliphatic carbocycles. The van der Waals surface area contributed by atoms with Crippen molar-refractivity contribution in [1.29, 1.82) is 0 Å². The smallest absolute Gasteiger partial charge is 0.254 e. The van der Waals surface area contributed by atoms with Gasteiger partial charge in [0.15, 0.2) is 0 Å². The molecule has 2 aromatic heterocycles. The first-order valence-corrected chi connectivity index (χ1v) is 12.4. The molecule has 3 heterocycles. The highest BCUT2D eigenvalue weighted by Gasteiger charge is 2.27. The van der Waals surface area contributed by atoms with Gasteiger partial charge in [0.05, 0.1) is 0 Å². The lowest BCUT2D eigenvalue weighted by atomic mass is 9.93. The summed E-state index contributed by atoms with van der Waals surface area (Å²) in [6, 6.07) is 22.9. The zero-order valence-electron chi connectivity index (χ0n) is 20.5. The van der Waals surface area contributed by atoms with Crippen molar-refractivity contribution in [2.24, 2.45) is 0 Å². The Kier molecular flexibility index (Phi) is 6.75. The maximum atomic E-state index is 13.6. The zero-order chi connectivity index (χ0) is 24.2. The number of piperidine rings is 1. The predicted octanol–water partition coefficient (Wildman–Crippen LogP) is 5.55. The van der Waals surface area contributed by atoms with Crippen LogP contribution in [0.3, 0.4) is 0 Å². The molecule has 0 N–H and O–H groups in total. The lowest BCUT2D eigenvalue weighted by Gasteiger charge is -2.33. The van der Waals surface area contributed by atoms with Gasteiger partial charge < -0.3 is 9.47 Å². The van der Waals surface area contributed by atoms with Crippen molar-refractivity contribution in [3.63, 3.8) is 0 Å². The Morgan fingerprint density at radius 3 is 2.71 bits per heavy atom. The number of likely N-dealkylation sites (tertiary alicyclic amines) is 1. The number of hydrogen-bond donors (Lipinski definition) is 0. The lowest BCUT2D eigenvalue weighted by molar-refractivity contribution is 0.0704. The molecule has 1 saturated heterocycles. The molecule has 5 heteroatoms. The molecule has 0 bridgehead atoms. The fourth-order valence-corrected chi connectivity index (χ4v) is 5.05. The number of amides is 1. The average Bonchev–Trinajstić information content (AvgIpc) is 3.28. The fraction of sp³-hybridized carbons (Fsp3) is 0.300. The van der Waals surface area contributed by atoms with E-state index in [0.717, 1.165) is 54.1 Å². The third kappa shape index (κ3) is 5.35. The van der Waals surface area contributed by atoms with Crippen LogP contribution < -0.4 is 0 Å². The maximum Gasteiger partial charge on any atom is 0.254 e. The highest BCUT2D eigenvalue weighted by molar-refractivity contribution is 5.95. The molecule has 2 aromatic carbocycles. The van der Waals surface area contributed by atoms with E-state index in [2.05, 4.69) is 58.9 Å². The first kappa shape index (κ1) is 23.0. The first-order chi connectivity index (χ1) is 17.1. The summed E-state index contributed by atoms with van der Waals surface area (Å²) in [6.07, 6.45) is 6.63. The Hall–Kier alpha value is -3.73. The molecule has 5 nitrogen and oxygen atoms in total. The van der Waals surface area contributed by atoms with Gasteiger partial charge in [-0.05, 0) is 56.0 Å². The fourth-order valence-electron chi connectivity index (χ4n) is 5.05. The van der Waals surface area contributed by atoms with Crippen LogP contribution in [0.5, 0.6) is 0 Å². The molecule has 178 valence electrons. The van der Waals surface area contributed by atoms with Gasteiger partial charge in [-0.3, -0.25) is 9.78 Å². The number of pyridine rings is 1. The van der Waals surface area contributed by atoms with Crippen LogP contribution in [0, 0.1) is 13.8 Å². The number of nitrogens with zero attached hydrogens (tertiary/aromatic N) is 4. The second kappa shape index (κ2) is 10.3. The Morgan fingerprint density at radius 1 is 1.03 bits per heavy atom. The number of aryl methyl sites for hydroxylation is 2. The molecule has 0 saturated carbocycles. The number of imidazole rings is 1. The van der Waals surface area contributed by atoms with Crippen molar-refractivity contribution in [3.8, 4) is 0 Å². The minimum absolute atomic E-state index is 0.110. The molecule has 1 aliphatic heterocycles. The Labute approximate surface area is 207 Å². The van der Waals surface area contributed by atoms with Crippen molar-refractivity contribution >= 4 is 5.91 Å². The van der Waals surface area contributed by atoms with E-state index in [9.17, 15) is 4.79 Å². The summed E-state index contributed by atoms with van der Waals surface area (Å²) in [6.45, 7) is 6.25. The monoisotopic (exact) mass is 464 g/mol. The summed E-state index contributed by atoms with van der Waals surface area (Å²) in [4.78, 5) is 25.0. The molecule has 1 amide bonds. The van der Waals surface area contributed by atoms with Crippen LogP contribution in [0.1, 0.15) is 63.0 Å². The van der Waals surface area contributed by atoms with E-state index in [1.54, 1.807) is 6.20 Å². The summed E-state index contributed by atoms with van der Waals surface area (Å²) in [5.74, 6) is 1.31. The molecule has 1 aliphatic rings. The average molecular weight is 465 g/mol. The molecule has 5 rings (SSSR count). The zero-order valence-corrected chi connectivity index (χ0v) is 20.5. The van der Waals surface area contributed by atoms with Crippen LogP contribution >= 0.6 is 0 Å². The van der Waals surface area contributed by atoms with Gasteiger partial charge in [0, 0.05) is 61.3 Å². The van der Waals surface area contributed by atoms with Crippen LogP contribution in [0.4, 0.5) is 0 Å². The normalized spacial score (nSPS) is 15.8. The van der Waals surface area contributed by atoms with Crippen LogP contribution in [-0.4, -0.2) is 38.4 Å². The van der Waals surface area contributed by atoms with Crippen LogP contribution in [0.25, 0.3) is 0 Å². The lowest BCUT2D eigenvalue weighted by Crippen LogP contribution is -2.39. The molecular weight excluding hydrogens is 432 g/mol. The molecule has 0 spiro atoms. The van der Waals surface area contributed by atoms with Crippen molar-refractivity contribution in [1.82, 2.24) is 19.4 Å². The molecule has 35 heavy (non-hydrogen) atoms. The van der Waals surface area contributed by atoms with Crippen molar-refractivity contribution in [2.75, 3.05) is 13.1 Å². The van der Waals surface area contributed by atoms with E-state index in [1.165, 1.54) is 11.1 Å². The van der Waals surface area contributed by atoms with E-state index in [-0.39, 0.29) is 11.8 Å². The summed E-state index contributed by atoms with van der Waals surface area (Å²) in [7, 11) is 0. The Bertz CT molecular complexity index is 1330. The predicted molar refractivity (Wildman–Crippen MR) is 139 cm³/mol. The number of carbonyl (C=O) groups is 1. The van der Waals surface area contributed by atoms with E-state index < -0.39 is 0 Å². The van der Waals surface area contributed by atoms with E-state index in [4.69, 9.17) is 4.98 Å². The molecular formula is C30H32N4O. The van der Waals surface area contributed by atoms with Crippen LogP contribution in [-0.2, 0) is 13.0 Å². The van der Waals surface area contributed by atoms with E-state index in [0.29, 0.717) is 13.1 Å². The Morgan fingerprint density at radius 2 is 1.89 bits per heavy atom. The number of carbonyl (C=O) groups excluding carboxylic acids is 1. The van der Waals surface area contributed by atoms with Crippen molar-refractivity contribution in [3.05, 3.63) is 119 Å². The SMILES string of the molecule is Cc1cccc(Cc2cccc([C@@H]3CCCN(C(=O)c4ccccc4Cn4ccnc4C)C3)n2)c1. The first-order valence-electron chi connectivity index (χ1n) is 12.4. The standard InChI is InChI=1S/C30H32N4O/c1-22-8-5-9-24(18-22)19-27-12-6-14-29(32-27)26-11-7-16-34(21-26)30(35)28-13-4-3-10-25(28)20-33-17-15-31-23(33)2/h3-6,8-10,12-15,17-18,26H,7,11,16,19-21H2,1-2H3/t26-/m1/s1. The summed E-state index contributed by atoms with van der Waals surface area (Å²) in [5, 5.41) is 0. The minimum Gasteiger partial charge on any atom is -0.338 e. The number of hydrogen-bond acceptors (Lipinski definition) is 3. The van der Waals surface area contributed by atoms with Crippen LogP contribution in [0.15, 0.2) is 79.1 Å². The summed E-state index contributed by atoms with van der Waals surface area (Å²) >= 11 is 0. The Balaban J connectivity index is 1.32. The van der Waals surface area contributed by atoms with Crippen LogP contribution in [0.2, 0.25) is 0 Å².